The summed E-state index contributed by atoms with van der Waals surface area (Å²) in [6.07, 6.45) is 1.72. The summed E-state index contributed by atoms with van der Waals surface area (Å²) in [5.41, 5.74) is 0.933. The van der Waals surface area contributed by atoms with E-state index in [1.807, 2.05) is 48.5 Å². The molecule has 6 nitrogen and oxygen atoms in total. The molecule has 1 fully saturated rings. The van der Waals surface area contributed by atoms with Crippen LogP contribution in [-0.4, -0.2) is 48.7 Å². The number of hydrogen-bond acceptors (Lipinski definition) is 5. The molecule has 5 rings (SSSR count). The average Bonchev–Trinajstić information content (AvgIpc) is 3.45. The Hall–Kier alpha value is -2.81. The van der Waals surface area contributed by atoms with Crippen LogP contribution in [0.4, 0.5) is 0 Å². The summed E-state index contributed by atoms with van der Waals surface area (Å²) in [4.78, 5) is 19.8. The second kappa shape index (κ2) is 8.27. The Morgan fingerprint density at radius 2 is 1.84 bits per heavy atom. The van der Waals surface area contributed by atoms with Crippen molar-refractivity contribution in [3.8, 4) is 0 Å². The van der Waals surface area contributed by atoms with Gasteiger partial charge in [0.2, 0.25) is 15.9 Å². The molecule has 0 spiro atoms. The molecule has 0 aliphatic carbocycles. The monoisotopic (exact) mass is 465 g/mol. The van der Waals surface area contributed by atoms with Gasteiger partial charge in [-0.2, -0.15) is 4.31 Å². The highest BCUT2D eigenvalue weighted by Crippen LogP contribution is 2.36. The third kappa shape index (κ3) is 3.79. The summed E-state index contributed by atoms with van der Waals surface area (Å²) < 4.78 is 28.5. The van der Waals surface area contributed by atoms with Gasteiger partial charge in [-0.1, -0.05) is 42.5 Å². The predicted molar refractivity (Wildman–Crippen MR) is 127 cm³/mol. The van der Waals surface area contributed by atoms with E-state index in [0.29, 0.717) is 6.54 Å². The molecule has 1 aliphatic heterocycles. The fourth-order valence-corrected chi connectivity index (χ4v) is 6.50. The van der Waals surface area contributed by atoms with Crippen LogP contribution < -0.4 is 0 Å². The van der Waals surface area contributed by atoms with E-state index >= 15 is 0 Å². The Morgan fingerprint density at radius 3 is 2.66 bits per heavy atom. The summed E-state index contributed by atoms with van der Waals surface area (Å²) in [6.45, 7) is 0.417. The van der Waals surface area contributed by atoms with Crippen LogP contribution in [-0.2, 0) is 14.8 Å². The molecule has 3 aromatic carbocycles. The van der Waals surface area contributed by atoms with Crippen molar-refractivity contribution in [3.05, 3.63) is 71.7 Å². The number of hydrogen-bond donors (Lipinski definition) is 0. The first-order valence-electron chi connectivity index (χ1n) is 10.5. The summed E-state index contributed by atoms with van der Waals surface area (Å²) in [5, 5.41) is 2.74. The first-order chi connectivity index (χ1) is 15.4. The molecule has 0 saturated carbocycles. The first kappa shape index (κ1) is 21.1. The Morgan fingerprint density at radius 1 is 1.09 bits per heavy atom. The molecule has 8 heteroatoms. The SMILES string of the molecule is CN(CC(=O)N1CCC[C@@H]1c1nc2ccccc2s1)S(=O)(=O)c1ccc2ccccc2c1. The standard InChI is InChI=1S/C24H23N3O3S2/c1-26(32(29,30)19-13-12-17-7-2-3-8-18(17)15-19)16-23(28)27-14-6-10-21(27)24-25-20-9-4-5-11-22(20)31-24/h2-5,7-9,11-13,15,21H,6,10,14,16H2,1H3/t21-/m1/s1. The van der Waals surface area contributed by atoms with E-state index in [1.165, 1.54) is 7.05 Å². The van der Waals surface area contributed by atoms with Crippen LogP contribution in [0.1, 0.15) is 23.9 Å². The summed E-state index contributed by atoms with van der Waals surface area (Å²) in [6, 6.07) is 20.5. The van der Waals surface area contributed by atoms with Gasteiger partial charge in [-0.3, -0.25) is 4.79 Å². The van der Waals surface area contributed by atoms with Gasteiger partial charge >= 0.3 is 0 Å². The number of rotatable bonds is 5. The number of likely N-dealkylation sites (N-methyl/N-ethyl adjacent to an activating group) is 1. The van der Waals surface area contributed by atoms with Crippen molar-refractivity contribution in [2.45, 2.75) is 23.8 Å². The molecule has 4 aromatic rings. The molecular weight excluding hydrogens is 442 g/mol. The molecule has 1 aromatic heterocycles. The van der Waals surface area contributed by atoms with Crippen molar-refractivity contribution >= 4 is 48.3 Å². The normalized spacial score (nSPS) is 16.9. The van der Waals surface area contributed by atoms with Crippen LogP contribution in [0.15, 0.2) is 71.6 Å². The number of carbonyl (C=O) groups excluding carboxylic acids is 1. The van der Waals surface area contributed by atoms with Gasteiger partial charge in [0.1, 0.15) is 5.01 Å². The highest BCUT2D eigenvalue weighted by atomic mass is 32.2. The quantitative estimate of drug-likeness (QED) is 0.437. The zero-order valence-corrected chi connectivity index (χ0v) is 19.3. The van der Waals surface area contributed by atoms with Crippen LogP contribution in [0.2, 0.25) is 0 Å². The molecule has 2 heterocycles. The Balaban J connectivity index is 1.35. The van der Waals surface area contributed by atoms with Crippen molar-refractivity contribution in [1.29, 1.82) is 0 Å². The van der Waals surface area contributed by atoms with Crippen molar-refractivity contribution in [2.24, 2.45) is 0 Å². The van der Waals surface area contributed by atoms with Crippen LogP contribution in [0.25, 0.3) is 21.0 Å². The number of aromatic nitrogens is 1. The molecular formula is C24H23N3O3S2. The summed E-state index contributed by atoms with van der Waals surface area (Å²) in [7, 11) is -2.32. The van der Waals surface area contributed by atoms with Crippen molar-refractivity contribution in [2.75, 3.05) is 20.1 Å². The van der Waals surface area contributed by atoms with Gasteiger partial charge < -0.3 is 4.90 Å². The first-order valence-corrected chi connectivity index (χ1v) is 12.8. The van der Waals surface area contributed by atoms with E-state index < -0.39 is 10.0 Å². The zero-order valence-electron chi connectivity index (χ0n) is 17.6. The maximum Gasteiger partial charge on any atom is 0.243 e. The average molecular weight is 466 g/mol. The molecule has 32 heavy (non-hydrogen) atoms. The Kier molecular flexibility index (Phi) is 5.44. The number of likely N-dealkylation sites (tertiary alicyclic amines) is 1. The molecule has 164 valence electrons. The number of fused-ring (bicyclic) bond motifs is 2. The fourth-order valence-electron chi connectivity index (χ4n) is 4.23. The molecule has 0 N–H and O–H groups in total. The van der Waals surface area contributed by atoms with Crippen LogP contribution in [0.3, 0.4) is 0 Å². The number of nitrogens with zero attached hydrogens (tertiary/aromatic N) is 3. The predicted octanol–water partition coefficient (Wildman–Crippen LogP) is 4.43. The van der Waals surface area contributed by atoms with Gasteiger partial charge in [0, 0.05) is 13.6 Å². The summed E-state index contributed by atoms with van der Waals surface area (Å²) in [5.74, 6) is -0.196. The van der Waals surface area contributed by atoms with Crippen molar-refractivity contribution in [1.82, 2.24) is 14.2 Å². The number of thiazole rings is 1. The van der Waals surface area contributed by atoms with E-state index in [4.69, 9.17) is 4.98 Å². The molecule has 0 bridgehead atoms. The zero-order chi connectivity index (χ0) is 22.3. The second-order valence-electron chi connectivity index (χ2n) is 8.04. The Bertz CT molecular complexity index is 1380. The lowest BCUT2D eigenvalue weighted by Crippen LogP contribution is -2.40. The van der Waals surface area contributed by atoms with Crippen molar-refractivity contribution < 1.29 is 13.2 Å². The highest BCUT2D eigenvalue weighted by Gasteiger charge is 2.34. The minimum atomic E-state index is -3.78. The fraction of sp³-hybridized carbons (Fsp3) is 0.250. The molecule has 0 radical (unpaired) electrons. The minimum absolute atomic E-state index is 0.100. The highest BCUT2D eigenvalue weighted by molar-refractivity contribution is 7.89. The van der Waals surface area contributed by atoms with Gasteiger partial charge in [0.15, 0.2) is 0 Å². The largest absolute Gasteiger partial charge is 0.332 e. The van der Waals surface area contributed by atoms with Crippen LogP contribution >= 0.6 is 11.3 Å². The lowest BCUT2D eigenvalue weighted by atomic mass is 10.1. The van der Waals surface area contributed by atoms with E-state index in [-0.39, 0.29) is 23.4 Å². The number of carbonyl (C=O) groups is 1. The van der Waals surface area contributed by atoms with E-state index in [0.717, 1.165) is 43.1 Å². The lowest BCUT2D eigenvalue weighted by Gasteiger charge is -2.26. The van der Waals surface area contributed by atoms with Gasteiger partial charge in [-0.25, -0.2) is 13.4 Å². The molecule has 1 saturated heterocycles. The second-order valence-corrected chi connectivity index (χ2v) is 11.1. The third-order valence-corrected chi connectivity index (χ3v) is 8.89. The smallest absolute Gasteiger partial charge is 0.243 e. The van der Waals surface area contributed by atoms with E-state index in [2.05, 4.69) is 0 Å². The minimum Gasteiger partial charge on any atom is -0.332 e. The van der Waals surface area contributed by atoms with Gasteiger partial charge in [-0.05, 0) is 47.9 Å². The Labute approximate surface area is 191 Å². The number of amides is 1. The van der Waals surface area contributed by atoms with Crippen LogP contribution in [0.5, 0.6) is 0 Å². The van der Waals surface area contributed by atoms with Gasteiger partial charge in [0.05, 0.1) is 27.7 Å². The van der Waals surface area contributed by atoms with Crippen molar-refractivity contribution in [3.63, 3.8) is 0 Å². The lowest BCUT2D eigenvalue weighted by molar-refractivity contribution is -0.132. The maximum absolute atomic E-state index is 13.1. The number of sulfonamides is 1. The number of para-hydroxylation sites is 1. The van der Waals surface area contributed by atoms with Gasteiger partial charge in [-0.15, -0.1) is 11.3 Å². The molecule has 1 aliphatic rings. The van der Waals surface area contributed by atoms with Crippen LogP contribution in [0, 0.1) is 0 Å². The number of benzene rings is 3. The van der Waals surface area contributed by atoms with E-state index in [1.54, 1.807) is 34.4 Å². The van der Waals surface area contributed by atoms with E-state index in [9.17, 15) is 13.2 Å². The summed E-state index contributed by atoms with van der Waals surface area (Å²) >= 11 is 1.60. The maximum atomic E-state index is 13.1. The third-order valence-electron chi connectivity index (χ3n) is 5.96. The molecule has 0 unspecified atom stereocenters. The molecule has 1 atom stereocenters. The van der Waals surface area contributed by atoms with Gasteiger partial charge in [0.25, 0.3) is 0 Å². The molecule has 1 amide bonds. The topological polar surface area (TPSA) is 70.6 Å².